The van der Waals surface area contributed by atoms with E-state index < -0.39 is 42.0 Å². The Balaban J connectivity index is 2.05. The highest BCUT2D eigenvalue weighted by molar-refractivity contribution is 5.94. The number of hydrogen-bond acceptors (Lipinski definition) is 3. The van der Waals surface area contributed by atoms with Gasteiger partial charge in [0, 0.05) is 0 Å². The highest BCUT2D eigenvalue weighted by atomic mass is 19.4. The van der Waals surface area contributed by atoms with E-state index in [0.29, 0.717) is 0 Å². The molecule has 0 atom stereocenters. The first-order valence-corrected chi connectivity index (χ1v) is 7.11. The van der Waals surface area contributed by atoms with Crippen molar-refractivity contribution in [3.8, 4) is 5.75 Å². The van der Waals surface area contributed by atoms with E-state index in [0.717, 1.165) is 18.2 Å². The number of halogens is 6. The number of nitrogens with one attached hydrogen (secondary N) is 2. The van der Waals surface area contributed by atoms with Crippen LogP contribution in [0.5, 0.6) is 5.75 Å². The highest BCUT2D eigenvalue weighted by Gasteiger charge is 2.34. The first-order valence-electron chi connectivity index (χ1n) is 7.11. The lowest BCUT2D eigenvalue weighted by Gasteiger charge is -2.16. The second-order valence-corrected chi connectivity index (χ2v) is 4.99. The fourth-order valence-electron chi connectivity index (χ4n) is 2.04. The summed E-state index contributed by atoms with van der Waals surface area (Å²) in [6.45, 7) is -0.565. The number of amides is 1. The standard InChI is InChI=1S/C16H12F6N2O2/c17-15(18,19)10-5-1-2-6-11(10)24-14(25)9-23-12-7-3-4-8-13(12)26-16(20,21)22/h1-8,23H,9H2,(H,24,25). The predicted octanol–water partition coefficient (Wildman–Crippen LogP) is 4.65. The third-order valence-corrected chi connectivity index (χ3v) is 3.06. The second-order valence-electron chi connectivity index (χ2n) is 4.99. The van der Waals surface area contributed by atoms with Crippen LogP contribution in [-0.4, -0.2) is 18.8 Å². The van der Waals surface area contributed by atoms with Crippen molar-refractivity contribution in [2.24, 2.45) is 0 Å². The quantitative estimate of drug-likeness (QED) is 0.745. The minimum Gasteiger partial charge on any atom is -0.404 e. The molecule has 0 aliphatic heterocycles. The summed E-state index contributed by atoms with van der Waals surface area (Å²) in [5, 5.41) is 4.47. The van der Waals surface area contributed by atoms with Gasteiger partial charge in [-0.2, -0.15) is 13.2 Å². The zero-order chi connectivity index (χ0) is 19.4. The van der Waals surface area contributed by atoms with E-state index in [4.69, 9.17) is 0 Å². The average molecular weight is 378 g/mol. The second kappa shape index (κ2) is 7.54. The molecule has 2 rings (SSSR count). The molecule has 0 bridgehead atoms. The summed E-state index contributed by atoms with van der Waals surface area (Å²) >= 11 is 0. The molecule has 10 heteroatoms. The highest BCUT2D eigenvalue weighted by Crippen LogP contribution is 2.34. The maximum Gasteiger partial charge on any atom is 0.573 e. The molecular weight excluding hydrogens is 366 g/mol. The monoisotopic (exact) mass is 378 g/mol. The Kier molecular flexibility index (Phi) is 5.63. The largest absolute Gasteiger partial charge is 0.573 e. The van der Waals surface area contributed by atoms with Crippen molar-refractivity contribution in [1.29, 1.82) is 0 Å². The Bertz CT molecular complexity index is 774. The zero-order valence-electron chi connectivity index (χ0n) is 12.9. The topological polar surface area (TPSA) is 50.4 Å². The molecule has 4 nitrogen and oxygen atoms in total. The number of benzene rings is 2. The van der Waals surface area contributed by atoms with Gasteiger partial charge in [-0.05, 0) is 24.3 Å². The Morgan fingerprint density at radius 2 is 1.46 bits per heavy atom. The molecule has 0 aromatic heterocycles. The van der Waals surface area contributed by atoms with Gasteiger partial charge in [0.2, 0.25) is 5.91 Å². The Morgan fingerprint density at radius 1 is 0.885 bits per heavy atom. The number of para-hydroxylation sites is 3. The fraction of sp³-hybridized carbons (Fsp3) is 0.188. The minimum absolute atomic E-state index is 0.135. The molecule has 0 heterocycles. The molecule has 2 aromatic rings. The average Bonchev–Trinajstić information content (AvgIpc) is 2.52. The van der Waals surface area contributed by atoms with E-state index in [2.05, 4.69) is 15.4 Å². The molecule has 26 heavy (non-hydrogen) atoms. The third kappa shape index (κ3) is 5.57. The van der Waals surface area contributed by atoms with E-state index in [-0.39, 0.29) is 5.69 Å². The molecule has 1 amide bonds. The maximum atomic E-state index is 12.9. The number of anilines is 2. The Labute approximate surface area is 143 Å². The Hall–Kier alpha value is -2.91. The molecule has 0 aliphatic rings. The van der Waals surface area contributed by atoms with Gasteiger partial charge in [0.15, 0.2) is 5.75 Å². The normalized spacial score (nSPS) is 11.8. The van der Waals surface area contributed by atoms with Gasteiger partial charge in [0.1, 0.15) is 0 Å². The van der Waals surface area contributed by atoms with Gasteiger partial charge < -0.3 is 15.4 Å². The van der Waals surface area contributed by atoms with Crippen molar-refractivity contribution < 1.29 is 35.9 Å². The smallest absolute Gasteiger partial charge is 0.404 e. The van der Waals surface area contributed by atoms with Crippen LogP contribution in [0.1, 0.15) is 5.56 Å². The summed E-state index contributed by atoms with van der Waals surface area (Å²) in [7, 11) is 0. The van der Waals surface area contributed by atoms with Crippen molar-refractivity contribution in [2.45, 2.75) is 12.5 Å². The molecule has 2 aromatic carbocycles. The van der Waals surface area contributed by atoms with Crippen LogP contribution in [-0.2, 0) is 11.0 Å². The molecule has 140 valence electrons. The number of carbonyl (C=O) groups excluding carboxylic acids is 1. The summed E-state index contributed by atoms with van der Waals surface area (Å²) in [6.07, 6.45) is -9.59. The fourth-order valence-corrected chi connectivity index (χ4v) is 2.04. The van der Waals surface area contributed by atoms with Crippen molar-refractivity contribution >= 4 is 17.3 Å². The molecule has 0 saturated heterocycles. The molecule has 2 N–H and O–H groups in total. The molecule has 0 spiro atoms. The first kappa shape index (κ1) is 19.4. The van der Waals surface area contributed by atoms with E-state index in [1.54, 1.807) is 0 Å². The van der Waals surface area contributed by atoms with Crippen LogP contribution in [0.15, 0.2) is 48.5 Å². The molecule has 0 fully saturated rings. The summed E-state index contributed by atoms with van der Waals surface area (Å²) in [6, 6.07) is 9.32. The third-order valence-electron chi connectivity index (χ3n) is 3.06. The van der Waals surface area contributed by atoms with E-state index >= 15 is 0 Å². The van der Waals surface area contributed by atoms with Crippen LogP contribution in [0.25, 0.3) is 0 Å². The number of ether oxygens (including phenoxy) is 1. The van der Waals surface area contributed by atoms with Gasteiger partial charge in [0.05, 0.1) is 23.5 Å². The number of alkyl halides is 6. The number of rotatable bonds is 5. The van der Waals surface area contributed by atoms with Crippen molar-refractivity contribution in [3.63, 3.8) is 0 Å². The van der Waals surface area contributed by atoms with Crippen LogP contribution in [0.2, 0.25) is 0 Å². The lowest BCUT2D eigenvalue weighted by atomic mass is 10.1. The summed E-state index contributed by atoms with van der Waals surface area (Å²) in [5.41, 5.74) is -1.62. The predicted molar refractivity (Wildman–Crippen MR) is 81.7 cm³/mol. The van der Waals surface area contributed by atoms with Gasteiger partial charge in [-0.3, -0.25) is 4.79 Å². The number of hydrogen-bond donors (Lipinski definition) is 2. The molecular formula is C16H12F6N2O2. The van der Waals surface area contributed by atoms with Gasteiger partial charge in [-0.1, -0.05) is 24.3 Å². The lowest BCUT2D eigenvalue weighted by Crippen LogP contribution is -2.24. The lowest BCUT2D eigenvalue weighted by molar-refractivity contribution is -0.274. The van der Waals surface area contributed by atoms with E-state index in [9.17, 15) is 31.1 Å². The molecule has 0 aliphatic carbocycles. The van der Waals surface area contributed by atoms with Crippen molar-refractivity contribution in [2.75, 3.05) is 17.2 Å². The SMILES string of the molecule is O=C(CNc1ccccc1OC(F)(F)F)Nc1ccccc1C(F)(F)F. The van der Waals surface area contributed by atoms with Gasteiger partial charge in [-0.15, -0.1) is 13.2 Å². The summed E-state index contributed by atoms with van der Waals surface area (Å²) in [4.78, 5) is 11.9. The van der Waals surface area contributed by atoms with Crippen LogP contribution in [0.3, 0.4) is 0 Å². The summed E-state index contributed by atoms with van der Waals surface area (Å²) in [5.74, 6) is -1.44. The molecule has 0 saturated carbocycles. The van der Waals surface area contributed by atoms with Crippen molar-refractivity contribution in [1.82, 2.24) is 0 Å². The van der Waals surface area contributed by atoms with Gasteiger partial charge >= 0.3 is 12.5 Å². The van der Waals surface area contributed by atoms with Crippen LogP contribution in [0, 0.1) is 0 Å². The molecule has 0 radical (unpaired) electrons. The molecule has 0 unspecified atom stereocenters. The van der Waals surface area contributed by atoms with E-state index in [1.807, 2.05) is 0 Å². The number of carbonyl (C=O) groups is 1. The zero-order valence-corrected chi connectivity index (χ0v) is 12.9. The van der Waals surface area contributed by atoms with Crippen LogP contribution < -0.4 is 15.4 Å². The Morgan fingerprint density at radius 3 is 2.08 bits per heavy atom. The minimum atomic E-state index is -4.92. The van der Waals surface area contributed by atoms with Crippen molar-refractivity contribution in [3.05, 3.63) is 54.1 Å². The van der Waals surface area contributed by atoms with Crippen LogP contribution >= 0.6 is 0 Å². The van der Waals surface area contributed by atoms with E-state index in [1.165, 1.54) is 30.3 Å². The maximum absolute atomic E-state index is 12.9. The summed E-state index contributed by atoms with van der Waals surface area (Å²) < 4.78 is 79.4. The van der Waals surface area contributed by atoms with Crippen LogP contribution in [0.4, 0.5) is 37.7 Å². The van der Waals surface area contributed by atoms with Gasteiger partial charge in [0.25, 0.3) is 0 Å². The first-order chi connectivity index (χ1) is 12.1. The van der Waals surface area contributed by atoms with Gasteiger partial charge in [-0.25, -0.2) is 0 Å².